The number of carbonyl (C=O) groups is 2. The fourth-order valence-corrected chi connectivity index (χ4v) is 2.06. The van der Waals surface area contributed by atoms with E-state index in [-0.39, 0.29) is 18.4 Å². The number of nitrogens with one attached hydrogen (secondary N) is 2. The molecule has 2 aromatic rings. The molecule has 0 aromatic heterocycles. The zero-order chi connectivity index (χ0) is 16.7. The van der Waals surface area contributed by atoms with Crippen LogP contribution in [0, 0.1) is 0 Å². The maximum atomic E-state index is 11.9. The van der Waals surface area contributed by atoms with Crippen molar-refractivity contribution in [2.45, 2.75) is 6.92 Å². The lowest BCUT2D eigenvalue weighted by Gasteiger charge is -2.09. The first-order valence-electron chi connectivity index (χ1n) is 7.15. The van der Waals surface area contributed by atoms with E-state index in [1.54, 1.807) is 55.5 Å². The number of benzene rings is 2. The van der Waals surface area contributed by atoms with Gasteiger partial charge in [0, 0.05) is 5.69 Å². The van der Waals surface area contributed by atoms with Crippen LogP contribution in [0.4, 0.5) is 11.4 Å². The SMILES string of the molecule is CCOC(=O)c1ccc(NCC(=O)Nc2ccccc2Cl)cc1. The van der Waals surface area contributed by atoms with E-state index in [4.69, 9.17) is 16.3 Å². The standard InChI is InChI=1S/C17H17ClN2O3/c1-2-23-17(22)12-7-9-13(10-8-12)19-11-16(21)20-15-6-4-3-5-14(15)18/h3-10,19H,2,11H2,1H3,(H,20,21). The van der Waals surface area contributed by atoms with Gasteiger partial charge in [0.05, 0.1) is 29.4 Å². The lowest BCUT2D eigenvalue weighted by Crippen LogP contribution is -2.21. The van der Waals surface area contributed by atoms with Gasteiger partial charge in [-0.15, -0.1) is 0 Å². The molecule has 1 amide bonds. The molecular weight excluding hydrogens is 316 g/mol. The van der Waals surface area contributed by atoms with Gasteiger partial charge in [0.2, 0.25) is 5.91 Å². The molecule has 2 rings (SSSR count). The van der Waals surface area contributed by atoms with Gasteiger partial charge in [0.25, 0.3) is 0 Å². The Morgan fingerprint density at radius 2 is 1.78 bits per heavy atom. The van der Waals surface area contributed by atoms with E-state index >= 15 is 0 Å². The average molecular weight is 333 g/mol. The van der Waals surface area contributed by atoms with Crippen LogP contribution < -0.4 is 10.6 Å². The molecule has 0 saturated carbocycles. The van der Waals surface area contributed by atoms with E-state index in [0.717, 1.165) is 5.69 Å². The molecule has 0 bridgehead atoms. The molecule has 0 unspecified atom stereocenters. The van der Waals surface area contributed by atoms with Crippen LogP contribution in [-0.2, 0) is 9.53 Å². The summed E-state index contributed by atoms with van der Waals surface area (Å²) in [5.74, 6) is -0.580. The molecule has 5 nitrogen and oxygen atoms in total. The highest BCUT2D eigenvalue weighted by Gasteiger charge is 2.07. The first-order valence-corrected chi connectivity index (χ1v) is 7.53. The summed E-state index contributed by atoms with van der Waals surface area (Å²) in [7, 11) is 0. The Morgan fingerprint density at radius 3 is 2.43 bits per heavy atom. The summed E-state index contributed by atoms with van der Waals surface area (Å²) >= 11 is 5.98. The average Bonchev–Trinajstić information content (AvgIpc) is 2.56. The number of rotatable bonds is 6. The zero-order valence-corrected chi connectivity index (χ0v) is 13.4. The minimum absolute atomic E-state index is 0.0873. The van der Waals surface area contributed by atoms with Gasteiger partial charge in [0.15, 0.2) is 0 Å². The van der Waals surface area contributed by atoms with Gasteiger partial charge in [-0.25, -0.2) is 4.79 Å². The molecule has 0 radical (unpaired) electrons. The molecule has 23 heavy (non-hydrogen) atoms. The molecule has 2 N–H and O–H groups in total. The van der Waals surface area contributed by atoms with E-state index in [9.17, 15) is 9.59 Å². The molecule has 6 heteroatoms. The number of amides is 1. The zero-order valence-electron chi connectivity index (χ0n) is 12.6. The highest BCUT2D eigenvalue weighted by Crippen LogP contribution is 2.20. The summed E-state index contributed by atoms with van der Waals surface area (Å²) in [5.41, 5.74) is 1.77. The predicted octanol–water partition coefficient (Wildman–Crippen LogP) is 3.57. The third-order valence-electron chi connectivity index (χ3n) is 3.00. The third-order valence-corrected chi connectivity index (χ3v) is 3.33. The van der Waals surface area contributed by atoms with Crippen molar-refractivity contribution in [1.82, 2.24) is 0 Å². The number of hydrogen-bond donors (Lipinski definition) is 2. The molecule has 120 valence electrons. The second-order valence-corrected chi connectivity index (χ2v) is 5.09. The summed E-state index contributed by atoms with van der Waals surface area (Å²) in [6, 6.07) is 13.8. The Bertz CT molecular complexity index is 686. The van der Waals surface area contributed by atoms with Gasteiger partial charge >= 0.3 is 5.97 Å². The van der Waals surface area contributed by atoms with E-state index in [1.165, 1.54) is 0 Å². The van der Waals surface area contributed by atoms with Gasteiger partial charge < -0.3 is 15.4 Å². The van der Waals surface area contributed by atoms with Gasteiger partial charge in [-0.1, -0.05) is 23.7 Å². The molecule has 2 aromatic carbocycles. The number of hydrogen-bond acceptors (Lipinski definition) is 4. The molecule has 0 aliphatic heterocycles. The Kier molecular flexibility index (Phi) is 6.00. The van der Waals surface area contributed by atoms with Crippen molar-refractivity contribution in [1.29, 1.82) is 0 Å². The number of esters is 1. The monoisotopic (exact) mass is 332 g/mol. The Labute approximate surface area is 139 Å². The number of ether oxygens (including phenoxy) is 1. The highest BCUT2D eigenvalue weighted by molar-refractivity contribution is 6.33. The van der Waals surface area contributed by atoms with Crippen LogP contribution >= 0.6 is 11.6 Å². The highest BCUT2D eigenvalue weighted by atomic mass is 35.5. The lowest BCUT2D eigenvalue weighted by atomic mass is 10.2. The Morgan fingerprint density at radius 1 is 1.09 bits per heavy atom. The number of anilines is 2. The van der Waals surface area contributed by atoms with Crippen molar-refractivity contribution in [2.24, 2.45) is 0 Å². The summed E-state index contributed by atoms with van der Waals surface area (Å²) in [6.45, 7) is 2.18. The van der Waals surface area contributed by atoms with Crippen molar-refractivity contribution < 1.29 is 14.3 Å². The van der Waals surface area contributed by atoms with Crippen molar-refractivity contribution in [3.63, 3.8) is 0 Å². The topological polar surface area (TPSA) is 67.4 Å². The fourth-order valence-electron chi connectivity index (χ4n) is 1.88. The smallest absolute Gasteiger partial charge is 0.338 e. The molecule has 0 saturated heterocycles. The fraction of sp³-hybridized carbons (Fsp3) is 0.176. The summed E-state index contributed by atoms with van der Waals surface area (Å²) < 4.78 is 4.91. The maximum Gasteiger partial charge on any atom is 0.338 e. The first-order chi connectivity index (χ1) is 11.1. The third kappa shape index (κ3) is 5.00. The largest absolute Gasteiger partial charge is 0.462 e. The quantitative estimate of drug-likeness (QED) is 0.794. The van der Waals surface area contributed by atoms with Crippen LogP contribution in [0.2, 0.25) is 5.02 Å². The Hall–Kier alpha value is -2.53. The van der Waals surface area contributed by atoms with Crippen LogP contribution in [0.1, 0.15) is 17.3 Å². The Balaban J connectivity index is 1.87. The van der Waals surface area contributed by atoms with E-state index < -0.39 is 0 Å². The summed E-state index contributed by atoms with van der Waals surface area (Å²) in [5, 5.41) is 6.18. The number of carbonyl (C=O) groups excluding carboxylic acids is 2. The molecule has 0 heterocycles. The van der Waals surface area contributed by atoms with Gasteiger partial charge in [-0.05, 0) is 43.3 Å². The molecular formula is C17H17ClN2O3. The minimum atomic E-state index is -0.365. The lowest BCUT2D eigenvalue weighted by molar-refractivity contribution is -0.114. The number of halogens is 1. The van der Waals surface area contributed by atoms with Crippen LogP contribution in [0.15, 0.2) is 48.5 Å². The van der Waals surface area contributed by atoms with E-state index in [0.29, 0.717) is 22.9 Å². The molecule has 0 atom stereocenters. The molecule has 0 aliphatic rings. The predicted molar refractivity (Wildman–Crippen MR) is 91.0 cm³/mol. The molecule has 0 fully saturated rings. The summed E-state index contributed by atoms with van der Waals surface area (Å²) in [4.78, 5) is 23.4. The van der Waals surface area contributed by atoms with Crippen LogP contribution in [0.5, 0.6) is 0 Å². The molecule has 0 aliphatic carbocycles. The normalized spacial score (nSPS) is 10.0. The van der Waals surface area contributed by atoms with Crippen molar-refractivity contribution in [3.8, 4) is 0 Å². The number of para-hydroxylation sites is 1. The summed E-state index contributed by atoms with van der Waals surface area (Å²) in [6.07, 6.45) is 0. The van der Waals surface area contributed by atoms with Crippen LogP contribution in [-0.4, -0.2) is 25.0 Å². The van der Waals surface area contributed by atoms with Gasteiger partial charge in [-0.3, -0.25) is 4.79 Å². The van der Waals surface area contributed by atoms with Crippen molar-refractivity contribution in [3.05, 3.63) is 59.1 Å². The van der Waals surface area contributed by atoms with Crippen molar-refractivity contribution in [2.75, 3.05) is 23.8 Å². The van der Waals surface area contributed by atoms with Crippen LogP contribution in [0.3, 0.4) is 0 Å². The second-order valence-electron chi connectivity index (χ2n) is 4.68. The minimum Gasteiger partial charge on any atom is -0.462 e. The van der Waals surface area contributed by atoms with Gasteiger partial charge in [-0.2, -0.15) is 0 Å². The molecule has 0 spiro atoms. The van der Waals surface area contributed by atoms with E-state index in [1.807, 2.05) is 0 Å². The second kappa shape index (κ2) is 8.19. The maximum absolute atomic E-state index is 11.9. The van der Waals surface area contributed by atoms with E-state index in [2.05, 4.69) is 10.6 Å². The van der Waals surface area contributed by atoms with Crippen molar-refractivity contribution >= 4 is 34.9 Å². The van der Waals surface area contributed by atoms with Crippen LogP contribution in [0.25, 0.3) is 0 Å². The van der Waals surface area contributed by atoms with Gasteiger partial charge in [0.1, 0.15) is 0 Å². The first kappa shape index (κ1) is 16.8.